The number of hydrogen-bond acceptors (Lipinski definition) is 3. The summed E-state index contributed by atoms with van der Waals surface area (Å²) < 4.78 is 12.3. The Morgan fingerprint density at radius 1 is 0.926 bits per heavy atom. The highest BCUT2D eigenvalue weighted by molar-refractivity contribution is 5.74. The van der Waals surface area contributed by atoms with E-state index in [-0.39, 0.29) is 17.5 Å². The highest BCUT2D eigenvalue weighted by Crippen LogP contribution is 2.71. The van der Waals surface area contributed by atoms with Crippen molar-refractivity contribution < 1.29 is 14.3 Å². The van der Waals surface area contributed by atoms with Crippen LogP contribution in [0.15, 0.2) is 0 Å². The Morgan fingerprint density at radius 2 is 1.67 bits per heavy atom. The zero-order chi connectivity index (χ0) is 18.7. The average molecular weight is 373 g/mol. The normalized spacial score (nSPS) is 57.5. The molecular formula is C24H36O3. The van der Waals surface area contributed by atoms with Gasteiger partial charge in [0.2, 0.25) is 0 Å². The molecule has 0 N–H and O–H groups in total. The number of fused-ring (bicyclic) bond motifs is 11. The molecule has 2 heterocycles. The standard InChI is InChI=1S/C24H36O3/c1-11-12(2)16-10-15(11)21-13-7-17(22(16)21)18(8-13)23(25)27-24(3,4)19-9-14-5-6-20(19)26-14/h11-22H,5-10H2,1-4H3. The lowest BCUT2D eigenvalue weighted by Gasteiger charge is -2.44. The minimum Gasteiger partial charge on any atom is -0.459 e. The average Bonchev–Trinajstić information content (AvgIpc) is 3.43. The van der Waals surface area contributed by atoms with E-state index in [0.29, 0.717) is 24.0 Å². The number of carbonyl (C=O) groups excluding carboxylic acids is 1. The van der Waals surface area contributed by atoms with Crippen molar-refractivity contribution in [2.24, 2.45) is 59.2 Å². The first-order valence-electron chi connectivity index (χ1n) is 11.7. The third-order valence-corrected chi connectivity index (χ3v) is 10.5. The molecule has 4 aliphatic carbocycles. The van der Waals surface area contributed by atoms with Crippen LogP contribution in [0.1, 0.15) is 66.2 Å². The zero-order valence-corrected chi connectivity index (χ0v) is 17.4. The Kier molecular flexibility index (Phi) is 3.54. The van der Waals surface area contributed by atoms with Crippen molar-refractivity contribution in [1.82, 2.24) is 0 Å². The van der Waals surface area contributed by atoms with Crippen LogP contribution in [0.5, 0.6) is 0 Å². The third kappa shape index (κ3) is 2.21. The van der Waals surface area contributed by atoms with Gasteiger partial charge in [-0.25, -0.2) is 0 Å². The molecule has 0 radical (unpaired) electrons. The van der Waals surface area contributed by atoms with Crippen LogP contribution in [0.2, 0.25) is 0 Å². The van der Waals surface area contributed by atoms with E-state index in [2.05, 4.69) is 27.7 Å². The summed E-state index contributed by atoms with van der Waals surface area (Å²) in [5, 5.41) is 0. The van der Waals surface area contributed by atoms with E-state index in [9.17, 15) is 4.79 Å². The predicted octanol–water partition coefficient (Wildman–Crippen LogP) is 4.69. The maximum atomic E-state index is 13.3. The van der Waals surface area contributed by atoms with E-state index in [1.54, 1.807) is 0 Å². The summed E-state index contributed by atoms with van der Waals surface area (Å²) in [6.07, 6.45) is 8.00. The number of rotatable bonds is 3. The molecule has 6 fully saturated rings. The van der Waals surface area contributed by atoms with Crippen molar-refractivity contribution in [2.75, 3.05) is 0 Å². The summed E-state index contributed by atoms with van der Waals surface area (Å²) >= 11 is 0. The Balaban J connectivity index is 1.17. The summed E-state index contributed by atoms with van der Waals surface area (Å²) in [7, 11) is 0. The van der Waals surface area contributed by atoms with Gasteiger partial charge in [0.05, 0.1) is 18.1 Å². The quantitative estimate of drug-likeness (QED) is 0.533. The molecule has 3 heteroatoms. The third-order valence-electron chi connectivity index (χ3n) is 10.5. The van der Waals surface area contributed by atoms with Gasteiger partial charge in [-0.05, 0) is 99.7 Å². The van der Waals surface area contributed by atoms with Crippen LogP contribution in [0, 0.1) is 59.2 Å². The fourth-order valence-electron chi connectivity index (χ4n) is 9.28. The van der Waals surface area contributed by atoms with E-state index < -0.39 is 0 Å². The lowest BCUT2D eigenvalue weighted by Crippen LogP contribution is -2.45. The number of esters is 1. The monoisotopic (exact) mass is 372 g/mol. The van der Waals surface area contributed by atoms with E-state index in [4.69, 9.17) is 9.47 Å². The Hall–Kier alpha value is -0.570. The van der Waals surface area contributed by atoms with E-state index in [0.717, 1.165) is 60.7 Å². The molecule has 0 aromatic heterocycles. The second kappa shape index (κ2) is 5.52. The van der Waals surface area contributed by atoms with Crippen LogP contribution in [0.3, 0.4) is 0 Å². The second-order valence-electron chi connectivity index (χ2n) is 11.7. The molecule has 6 aliphatic rings. The van der Waals surface area contributed by atoms with Gasteiger partial charge in [-0.15, -0.1) is 0 Å². The lowest BCUT2D eigenvalue weighted by atomic mass is 9.62. The smallest absolute Gasteiger partial charge is 0.309 e. The first-order valence-corrected chi connectivity index (χ1v) is 11.7. The summed E-state index contributed by atoms with van der Waals surface area (Å²) in [6, 6.07) is 0. The van der Waals surface area contributed by atoms with Crippen LogP contribution in [0.4, 0.5) is 0 Å². The van der Waals surface area contributed by atoms with Gasteiger partial charge >= 0.3 is 5.97 Å². The van der Waals surface area contributed by atoms with Gasteiger partial charge in [0.25, 0.3) is 0 Å². The highest BCUT2D eigenvalue weighted by atomic mass is 16.6. The van der Waals surface area contributed by atoms with Gasteiger partial charge in [-0.1, -0.05) is 13.8 Å². The predicted molar refractivity (Wildman–Crippen MR) is 103 cm³/mol. The largest absolute Gasteiger partial charge is 0.459 e. The molecule has 3 nitrogen and oxygen atoms in total. The van der Waals surface area contributed by atoms with Gasteiger partial charge in [-0.2, -0.15) is 0 Å². The van der Waals surface area contributed by atoms with Crippen molar-refractivity contribution in [3.63, 3.8) is 0 Å². The van der Waals surface area contributed by atoms with Crippen LogP contribution in [0.25, 0.3) is 0 Å². The zero-order valence-electron chi connectivity index (χ0n) is 17.4. The van der Waals surface area contributed by atoms with Crippen molar-refractivity contribution >= 4 is 5.97 Å². The first-order chi connectivity index (χ1) is 12.8. The van der Waals surface area contributed by atoms with E-state index >= 15 is 0 Å². The molecule has 0 aromatic carbocycles. The van der Waals surface area contributed by atoms with Gasteiger partial charge in [0, 0.05) is 5.92 Å². The van der Waals surface area contributed by atoms with Crippen LogP contribution >= 0.6 is 0 Å². The number of hydrogen-bond donors (Lipinski definition) is 0. The molecule has 6 bridgehead atoms. The summed E-state index contributed by atoms with van der Waals surface area (Å²) in [6.45, 7) is 9.24. The van der Waals surface area contributed by atoms with Crippen molar-refractivity contribution in [1.29, 1.82) is 0 Å². The van der Waals surface area contributed by atoms with Crippen LogP contribution < -0.4 is 0 Å². The molecule has 4 saturated carbocycles. The molecule has 150 valence electrons. The van der Waals surface area contributed by atoms with Gasteiger partial charge in [-0.3, -0.25) is 4.79 Å². The molecule has 2 aliphatic heterocycles. The molecule has 0 amide bonds. The van der Waals surface area contributed by atoms with Gasteiger partial charge in [0.15, 0.2) is 0 Å². The van der Waals surface area contributed by atoms with Crippen molar-refractivity contribution in [3.8, 4) is 0 Å². The van der Waals surface area contributed by atoms with Crippen molar-refractivity contribution in [3.05, 3.63) is 0 Å². The topological polar surface area (TPSA) is 35.5 Å². The molecule has 0 spiro atoms. The van der Waals surface area contributed by atoms with Crippen LogP contribution in [-0.2, 0) is 14.3 Å². The lowest BCUT2D eigenvalue weighted by molar-refractivity contribution is -0.172. The molecular weight excluding hydrogens is 336 g/mol. The Bertz CT molecular complexity index is 656. The number of carbonyl (C=O) groups is 1. The SMILES string of the molecule is CC1C(C)C2CC1C1C3CC(C(=O)OC(C)(C)C4CC5CCC4O5)C(C3)C21. The molecule has 12 atom stereocenters. The molecule has 2 saturated heterocycles. The maximum Gasteiger partial charge on any atom is 0.309 e. The van der Waals surface area contributed by atoms with Gasteiger partial charge in [0.1, 0.15) is 5.60 Å². The highest BCUT2D eigenvalue weighted by Gasteiger charge is 2.67. The molecule has 6 rings (SSSR count). The maximum absolute atomic E-state index is 13.3. The second-order valence-corrected chi connectivity index (χ2v) is 11.7. The van der Waals surface area contributed by atoms with E-state index in [1.165, 1.54) is 19.3 Å². The van der Waals surface area contributed by atoms with E-state index in [1.807, 2.05) is 0 Å². The number of ether oxygens (including phenoxy) is 2. The van der Waals surface area contributed by atoms with Crippen molar-refractivity contribution in [2.45, 2.75) is 84.0 Å². The minimum absolute atomic E-state index is 0.122. The minimum atomic E-state index is -0.380. The molecule has 12 unspecified atom stereocenters. The fraction of sp³-hybridized carbons (Fsp3) is 0.958. The van der Waals surface area contributed by atoms with Gasteiger partial charge < -0.3 is 9.47 Å². The summed E-state index contributed by atoms with van der Waals surface area (Å²) in [5.74, 6) is 7.45. The fourth-order valence-corrected chi connectivity index (χ4v) is 9.28. The Labute approximate surface area is 163 Å². The first kappa shape index (κ1) is 17.3. The van der Waals surface area contributed by atoms with Crippen LogP contribution in [-0.4, -0.2) is 23.8 Å². The summed E-state index contributed by atoms with van der Waals surface area (Å²) in [4.78, 5) is 13.3. The Morgan fingerprint density at radius 3 is 2.33 bits per heavy atom. The molecule has 27 heavy (non-hydrogen) atoms. The molecule has 0 aromatic rings. The summed E-state index contributed by atoms with van der Waals surface area (Å²) in [5.41, 5.74) is -0.380.